The minimum absolute atomic E-state index is 0.691. The Morgan fingerprint density at radius 2 is 2.14 bits per heavy atom. The third kappa shape index (κ3) is 3.52. The molecule has 114 valence electrons. The molecule has 6 nitrogen and oxygen atoms in total. The van der Waals surface area contributed by atoms with Crippen LogP contribution in [-0.4, -0.2) is 32.1 Å². The predicted octanol–water partition coefficient (Wildman–Crippen LogP) is 2.23. The lowest BCUT2D eigenvalue weighted by atomic mass is 10.1. The van der Waals surface area contributed by atoms with Crippen LogP contribution < -0.4 is 4.74 Å². The van der Waals surface area contributed by atoms with Crippen LogP contribution >= 0.6 is 0 Å². The minimum atomic E-state index is 0.691. The predicted molar refractivity (Wildman–Crippen MR) is 82.7 cm³/mol. The highest BCUT2D eigenvalue weighted by atomic mass is 16.5. The molecule has 22 heavy (non-hydrogen) atoms. The topological polar surface area (TPSA) is 68.6 Å². The van der Waals surface area contributed by atoms with Gasteiger partial charge in [-0.15, -0.1) is 0 Å². The maximum absolute atomic E-state index is 5.36. The number of H-pyrrole nitrogens is 1. The highest BCUT2D eigenvalue weighted by Gasteiger charge is 2.07. The lowest BCUT2D eigenvalue weighted by Gasteiger charge is -2.05. The number of nitrogens with one attached hydrogen (secondary N) is 1. The Balaban J connectivity index is 1.56. The molecule has 3 aromatic rings. The molecule has 0 spiro atoms. The van der Waals surface area contributed by atoms with Gasteiger partial charge in [-0.05, 0) is 18.6 Å². The van der Waals surface area contributed by atoms with Crippen LogP contribution in [0, 0.1) is 0 Å². The van der Waals surface area contributed by atoms with Crippen molar-refractivity contribution in [2.24, 2.45) is 0 Å². The first-order valence-corrected chi connectivity index (χ1v) is 7.34. The van der Waals surface area contributed by atoms with Gasteiger partial charge in [0.1, 0.15) is 11.6 Å². The first-order valence-electron chi connectivity index (χ1n) is 7.34. The molecule has 0 aliphatic rings. The van der Waals surface area contributed by atoms with E-state index < -0.39 is 0 Å². The summed E-state index contributed by atoms with van der Waals surface area (Å²) in [6, 6.07) is 9.89. The van der Waals surface area contributed by atoms with Crippen molar-refractivity contribution in [2.45, 2.75) is 25.8 Å². The third-order valence-corrected chi connectivity index (χ3v) is 3.48. The van der Waals surface area contributed by atoms with Gasteiger partial charge >= 0.3 is 0 Å². The van der Waals surface area contributed by atoms with E-state index in [9.17, 15) is 0 Å². The van der Waals surface area contributed by atoms with E-state index in [1.165, 1.54) is 0 Å². The molecule has 0 radical (unpaired) electrons. The Morgan fingerprint density at radius 3 is 2.95 bits per heavy atom. The van der Waals surface area contributed by atoms with Gasteiger partial charge in [0.2, 0.25) is 0 Å². The number of rotatable bonds is 7. The zero-order valence-corrected chi connectivity index (χ0v) is 12.6. The number of hydrogen-bond acceptors (Lipinski definition) is 4. The molecule has 6 heteroatoms. The Kier molecular flexibility index (Phi) is 4.48. The molecule has 0 aliphatic carbocycles. The number of aromatic amines is 1. The molecule has 2 aromatic heterocycles. The lowest BCUT2D eigenvalue weighted by Crippen LogP contribution is -2.00. The molecule has 0 amide bonds. The summed E-state index contributed by atoms with van der Waals surface area (Å²) < 4.78 is 7.28. The largest absolute Gasteiger partial charge is 0.496 e. The fourth-order valence-electron chi connectivity index (χ4n) is 2.39. The molecule has 0 unspecified atom stereocenters. The van der Waals surface area contributed by atoms with E-state index in [0.717, 1.165) is 42.3 Å². The quantitative estimate of drug-likeness (QED) is 0.726. The van der Waals surface area contributed by atoms with Gasteiger partial charge in [-0.25, -0.2) is 4.98 Å². The van der Waals surface area contributed by atoms with Gasteiger partial charge < -0.3 is 4.74 Å². The van der Waals surface area contributed by atoms with Crippen molar-refractivity contribution in [2.75, 3.05) is 7.11 Å². The number of para-hydroxylation sites is 1. The number of nitrogens with zero attached hydrogens (tertiary/aromatic N) is 4. The molecule has 0 atom stereocenters. The number of aromatic nitrogens is 5. The minimum Gasteiger partial charge on any atom is -0.496 e. The number of benzene rings is 1. The maximum Gasteiger partial charge on any atom is 0.150 e. The molecule has 0 fully saturated rings. The first-order chi connectivity index (χ1) is 10.8. The van der Waals surface area contributed by atoms with Crippen molar-refractivity contribution in [3.63, 3.8) is 0 Å². The summed E-state index contributed by atoms with van der Waals surface area (Å²) in [5.74, 6) is 2.58. The molecule has 1 N–H and O–H groups in total. The second kappa shape index (κ2) is 6.89. The van der Waals surface area contributed by atoms with Crippen molar-refractivity contribution in [3.05, 3.63) is 59.9 Å². The van der Waals surface area contributed by atoms with Crippen LogP contribution in [0.5, 0.6) is 5.75 Å². The summed E-state index contributed by atoms with van der Waals surface area (Å²) in [5, 5.41) is 11.5. The van der Waals surface area contributed by atoms with E-state index in [4.69, 9.17) is 4.74 Å². The van der Waals surface area contributed by atoms with Gasteiger partial charge in [0.15, 0.2) is 5.82 Å². The Bertz CT molecular complexity index is 705. The summed E-state index contributed by atoms with van der Waals surface area (Å²) in [4.78, 5) is 4.55. The Labute approximate surface area is 129 Å². The van der Waals surface area contributed by atoms with Gasteiger partial charge in [-0.1, -0.05) is 18.2 Å². The van der Waals surface area contributed by atoms with Crippen LogP contribution in [0.15, 0.2) is 42.7 Å². The van der Waals surface area contributed by atoms with Crippen LogP contribution in [-0.2, 0) is 19.4 Å². The van der Waals surface area contributed by atoms with Crippen LogP contribution in [0.2, 0.25) is 0 Å². The second-order valence-electron chi connectivity index (χ2n) is 5.06. The molecule has 0 saturated heterocycles. The van der Waals surface area contributed by atoms with Gasteiger partial charge in [-0.3, -0.25) is 9.78 Å². The fraction of sp³-hybridized carbons (Fsp3) is 0.312. The number of aryl methyl sites for hydroxylation is 2. The van der Waals surface area contributed by atoms with Crippen molar-refractivity contribution in [1.29, 1.82) is 0 Å². The number of hydrogen-bond donors (Lipinski definition) is 1. The van der Waals surface area contributed by atoms with Gasteiger partial charge in [0.05, 0.1) is 7.11 Å². The van der Waals surface area contributed by atoms with Gasteiger partial charge in [0, 0.05) is 37.3 Å². The fourth-order valence-corrected chi connectivity index (χ4v) is 2.39. The average Bonchev–Trinajstić information content (AvgIpc) is 3.20. The van der Waals surface area contributed by atoms with Crippen LogP contribution in [0.4, 0.5) is 0 Å². The average molecular weight is 297 g/mol. The van der Waals surface area contributed by atoms with E-state index in [-0.39, 0.29) is 0 Å². The summed E-state index contributed by atoms with van der Waals surface area (Å²) in [5.41, 5.74) is 1.10. The number of methoxy groups -OCH3 is 1. The molecule has 0 saturated carbocycles. The normalized spacial score (nSPS) is 10.8. The van der Waals surface area contributed by atoms with Crippen molar-refractivity contribution in [3.8, 4) is 5.75 Å². The van der Waals surface area contributed by atoms with E-state index in [0.29, 0.717) is 6.42 Å². The Morgan fingerprint density at radius 1 is 1.23 bits per heavy atom. The lowest BCUT2D eigenvalue weighted by molar-refractivity contribution is 0.410. The highest BCUT2D eigenvalue weighted by Crippen LogP contribution is 2.19. The molecular formula is C16H19N5O. The standard InChI is InChI=1S/C16H19N5O/c1-22-14-7-3-2-6-13(14)12-16-18-15(19-20-16)8-4-10-21-11-5-9-17-21/h2-3,5-7,9,11H,4,8,10,12H2,1H3,(H,18,19,20). The smallest absolute Gasteiger partial charge is 0.150 e. The molecule has 0 bridgehead atoms. The van der Waals surface area contributed by atoms with Gasteiger partial charge in [0.25, 0.3) is 0 Å². The molecule has 2 heterocycles. The summed E-state index contributed by atoms with van der Waals surface area (Å²) in [6.45, 7) is 0.878. The first kappa shape index (κ1) is 14.3. The highest BCUT2D eigenvalue weighted by molar-refractivity contribution is 5.35. The van der Waals surface area contributed by atoms with Crippen LogP contribution in [0.25, 0.3) is 0 Å². The van der Waals surface area contributed by atoms with Crippen LogP contribution in [0.1, 0.15) is 23.6 Å². The zero-order valence-electron chi connectivity index (χ0n) is 12.6. The van der Waals surface area contributed by atoms with E-state index in [1.807, 2.05) is 41.2 Å². The SMILES string of the molecule is COc1ccccc1Cc1nc(CCCn2cccn2)n[nH]1. The van der Waals surface area contributed by atoms with Crippen molar-refractivity contribution >= 4 is 0 Å². The van der Waals surface area contributed by atoms with Crippen LogP contribution in [0.3, 0.4) is 0 Å². The summed E-state index contributed by atoms with van der Waals surface area (Å²) >= 11 is 0. The van der Waals surface area contributed by atoms with Gasteiger partial charge in [-0.2, -0.15) is 10.2 Å². The second-order valence-corrected chi connectivity index (χ2v) is 5.06. The molecule has 1 aromatic carbocycles. The summed E-state index contributed by atoms with van der Waals surface area (Å²) in [7, 11) is 1.68. The monoisotopic (exact) mass is 297 g/mol. The molecular weight excluding hydrogens is 278 g/mol. The van der Waals surface area contributed by atoms with E-state index in [2.05, 4.69) is 20.3 Å². The third-order valence-electron chi connectivity index (χ3n) is 3.48. The van der Waals surface area contributed by atoms with E-state index >= 15 is 0 Å². The summed E-state index contributed by atoms with van der Waals surface area (Å²) in [6.07, 6.45) is 6.25. The molecule has 0 aliphatic heterocycles. The van der Waals surface area contributed by atoms with E-state index in [1.54, 1.807) is 13.3 Å². The molecule has 3 rings (SSSR count). The maximum atomic E-state index is 5.36. The Hall–Kier alpha value is -2.63. The van der Waals surface area contributed by atoms with Crippen molar-refractivity contribution in [1.82, 2.24) is 25.0 Å². The number of ether oxygens (including phenoxy) is 1. The van der Waals surface area contributed by atoms with Crippen molar-refractivity contribution < 1.29 is 4.74 Å². The zero-order chi connectivity index (χ0) is 15.2.